The Morgan fingerprint density at radius 2 is 2.10 bits per heavy atom. The van der Waals surface area contributed by atoms with Crippen molar-refractivity contribution in [3.63, 3.8) is 0 Å². The second kappa shape index (κ2) is 6.19. The second-order valence-corrected chi connectivity index (χ2v) is 7.34. The van der Waals surface area contributed by atoms with Crippen LogP contribution in [0.25, 0.3) is 0 Å². The first-order valence-corrected chi connectivity index (χ1v) is 8.34. The van der Waals surface area contributed by atoms with Crippen LogP contribution in [0.3, 0.4) is 0 Å². The fraction of sp³-hybridized carbons (Fsp3) is 0.562. The van der Waals surface area contributed by atoms with E-state index in [0.717, 1.165) is 24.8 Å². The van der Waals surface area contributed by atoms with Crippen LogP contribution in [0.4, 0.5) is 0 Å². The zero-order valence-electron chi connectivity index (χ0n) is 12.2. The molecular formula is C16H23N3S. The average Bonchev–Trinajstić information content (AvgIpc) is 2.98. The minimum absolute atomic E-state index is 0.547. The summed E-state index contributed by atoms with van der Waals surface area (Å²) in [5, 5.41) is 5.41. The quantitative estimate of drug-likeness (QED) is 0.927. The molecule has 4 heteroatoms. The lowest BCUT2D eigenvalue weighted by Crippen LogP contribution is -2.35. The van der Waals surface area contributed by atoms with Gasteiger partial charge in [0.2, 0.25) is 0 Å². The van der Waals surface area contributed by atoms with Crippen LogP contribution in [0.1, 0.15) is 25.8 Å². The third-order valence-electron chi connectivity index (χ3n) is 4.06. The smallest absolute Gasteiger partial charge is 0.157 e. The van der Waals surface area contributed by atoms with Crippen molar-refractivity contribution in [3.8, 4) is 0 Å². The first-order chi connectivity index (χ1) is 9.70. The molecular weight excluding hydrogens is 266 g/mol. The van der Waals surface area contributed by atoms with Gasteiger partial charge in [-0.25, -0.2) is 0 Å². The van der Waals surface area contributed by atoms with Gasteiger partial charge in [-0.05, 0) is 18.9 Å². The maximum absolute atomic E-state index is 4.56. The number of benzene rings is 1. The minimum atomic E-state index is 0.547. The van der Waals surface area contributed by atoms with E-state index in [-0.39, 0.29) is 0 Å². The van der Waals surface area contributed by atoms with Crippen molar-refractivity contribution in [3.05, 3.63) is 35.9 Å². The first-order valence-electron chi connectivity index (χ1n) is 7.46. The van der Waals surface area contributed by atoms with Crippen LogP contribution in [0.15, 0.2) is 35.3 Å². The number of nitrogens with zero attached hydrogens (tertiary/aromatic N) is 2. The summed E-state index contributed by atoms with van der Waals surface area (Å²) in [7, 11) is 0. The molecule has 0 aliphatic carbocycles. The Balaban J connectivity index is 1.54. The van der Waals surface area contributed by atoms with E-state index in [2.05, 4.69) is 59.4 Å². The van der Waals surface area contributed by atoms with Gasteiger partial charge < -0.3 is 5.32 Å². The first kappa shape index (κ1) is 14.0. The summed E-state index contributed by atoms with van der Waals surface area (Å²) in [6.07, 6.45) is 1.21. The molecule has 1 fully saturated rings. The summed E-state index contributed by atoms with van der Waals surface area (Å²) in [6.45, 7) is 7.70. The van der Waals surface area contributed by atoms with Gasteiger partial charge in [0.1, 0.15) is 0 Å². The standard InChI is InChI=1S/C16H23N3S/c1-12-8-15(18-16-17-9-13(2)20-16)11-19(12)10-14-6-4-3-5-7-14/h3-7,12-13,15H,8-11H2,1-2H3,(H,17,18). The number of aliphatic imine (C=N–C) groups is 1. The Morgan fingerprint density at radius 3 is 2.80 bits per heavy atom. The van der Waals surface area contributed by atoms with E-state index in [1.54, 1.807) is 0 Å². The maximum Gasteiger partial charge on any atom is 0.157 e. The Labute approximate surface area is 125 Å². The monoisotopic (exact) mass is 289 g/mol. The van der Waals surface area contributed by atoms with Crippen LogP contribution in [0, 0.1) is 0 Å². The molecule has 2 aliphatic heterocycles. The van der Waals surface area contributed by atoms with E-state index >= 15 is 0 Å². The highest BCUT2D eigenvalue weighted by atomic mass is 32.2. The molecule has 2 aliphatic rings. The van der Waals surface area contributed by atoms with E-state index in [1.165, 1.54) is 12.0 Å². The summed E-state index contributed by atoms with van der Waals surface area (Å²) in [4.78, 5) is 7.13. The number of amidine groups is 1. The molecule has 3 atom stereocenters. The molecule has 0 radical (unpaired) electrons. The van der Waals surface area contributed by atoms with E-state index < -0.39 is 0 Å². The molecule has 0 aromatic heterocycles. The van der Waals surface area contributed by atoms with E-state index in [0.29, 0.717) is 17.3 Å². The summed E-state index contributed by atoms with van der Waals surface area (Å²) < 4.78 is 0. The average molecular weight is 289 g/mol. The van der Waals surface area contributed by atoms with Gasteiger partial charge in [0.15, 0.2) is 5.17 Å². The number of hydrogen-bond donors (Lipinski definition) is 1. The number of thioether (sulfide) groups is 1. The van der Waals surface area contributed by atoms with Gasteiger partial charge >= 0.3 is 0 Å². The SMILES string of the molecule is CC1CN=C(NC2CC(C)N(Cc3ccccc3)C2)S1. The topological polar surface area (TPSA) is 27.6 Å². The van der Waals surface area contributed by atoms with Crippen molar-refractivity contribution < 1.29 is 0 Å². The third kappa shape index (κ3) is 3.36. The lowest BCUT2D eigenvalue weighted by molar-refractivity contribution is 0.258. The van der Waals surface area contributed by atoms with Crippen molar-refractivity contribution in [2.24, 2.45) is 4.99 Å². The normalized spacial score (nSPS) is 30.5. The number of nitrogens with one attached hydrogen (secondary N) is 1. The summed E-state index contributed by atoms with van der Waals surface area (Å²) in [5.41, 5.74) is 1.40. The fourth-order valence-corrected chi connectivity index (χ4v) is 3.89. The molecule has 1 aromatic rings. The van der Waals surface area contributed by atoms with Gasteiger partial charge in [-0.15, -0.1) is 0 Å². The Morgan fingerprint density at radius 1 is 1.30 bits per heavy atom. The maximum atomic E-state index is 4.56. The Hall–Kier alpha value is -1.00. The van der Waals surface area contributed by atoms with Crippen LogP contribution in [0.2, 0.25) is 0 Å². The second-order valence-electron chi connectivity index (χ2n) is 5.92. The lowest BCUT2D eigenvalue weighted by Gasteiger charge is -2.21. The van der Waals surface area contributed by atoms with Crippen LogP contribution in [0.5, 0.6) is 0 Å². The van der Waals surface area contributed by atoms with Gasteiger partial charge in [-0.1, -0.05) is 49.0 Å². The lowest BCUT2D eigenvalue weighted by atomic mass is 10.2. The van der Waals surface area contributed by atoms with Gasteiger partial charge in [-0.3, -0.25) is 9.89 Å². The molecule has 20 heavy (non-hydrogen) atoms. The van der Waals surface area contributed by atoms with Crippen molar-refractivity contribution in [1.82, 2.24) is 10.2 Å². The van der Waals surface area contributed by atoms with E-state index in [4.69, 9.17) is 0 Å². The molecule has 3 rings (SSSR count). The molecule has 0 saturated carbocycles. The zero-order chi connectivity index (χ0) is 13.9. The van der Waals surface area contributed by atoms with E-state index in [1.807, 2.05) is 11.8 Å². The minimum Gasteiger partial charge on any atom is -0.361 e. The van der Waals surface area contributed by atoms with Gasteiger partial charge in [-0.2, -0.15) is 0 Å². The van der Waals surface area contributed by atoms with Gasteiger partial charge in [0.05, 0.1) is 6.54 Å². The molecule has 3 nitrogen and oxygen atoms in total. The number of likely N-dealkylation sites (tertiary alicyclic amines) is 1. The molecule has 1 N–H and O–H groups in total. The number of hydrogen-bond acceptors (Lipinski definition) is 4. The molecule has 2 heterocycles. The molecule has 108 valence electrons. The molecule has 0 bridgehead atoms. The van der Waals surface area contributed by atoms with Crippen molar-refractivity contribution in [2.45, 2.75) is 44.1 Å². The molecule has 1 saturated heterocycles. The highest BCUT2D eigenvalue weighted by molar-refractivity contribution is 8.14. The molecule has 3 unspecified atom stereocenters. The third-order valence-corrected chi connectivity index (χ3v) is 5.09. The number of rotatable bonds is 3. The highest BCUT2D eigenvalue weighted by Gasteiger charge is 2.30. The van der Waals surface area contributed by atoms with Crippen molar-refractivity contribution >= 4 is 16.9 Å². The largest absolute Gasteiger partial charge is 0.361 e. The Kier molecular flexibility index (Phi) is 4.32. The summed E-state index contributed by atoms with van der Waals surface area (Å²) in [5.74, 6) is 0. The molecule has 0 amide bonds. The fourth-order valence-electron chi connectivity index (χ4n) is 2.97. The van der Waals surface area contributed by atoms with Crippen LogP contribution < -0.4 is 5.32 Å². The summed E-state index contributed by atoms with van der Waals surface area (Å²) in [6, 6.07) is 11.9. The van der Waals surface area contributed by atoms with Gasteiger partial charge in [0, 0.05) is 30.4 Å². The van der Waals surface area contributed by atoms with Gasteiger partial charge in [0.25, 0.3) is 0 Å². The van der Waals surface area contributed by atoms with E-state index in [9.17, 15) is 0 Å². The predicted molar refractivity (Wildman–Crippen MR) is 87.2 cm³/mol. The van der Waals surface area contributed by atoms with Crippen molar-refractivity contribution in [1.29, 1.82) is 0 Å². The van der Waals surface area contributed by atoms with Crippen molar-refractivity contribution in [2.75, 3.05) is 13.1 Å². The zero-order valence-corrected chi connectivity index (χ0v) is 13.1. The molecule has 0 spiro atoms. The van der Waals surface area contributed by atoms with Crippen LogP contribution in [-0.2, 0) is 6.54 Å². The molecule has 1 aromatic carbocycles. The highest BCUT2D eigenvalue weighted by Crippen LogP contribution is 2.23. The predicted octanol–water partition coefficient (Wildman–Crippen LogP) is 2.73. The summed E-state index contributed by atoms with van der Waals surface area (Å²) >= 11 is 1.88. The Bertz CT molecular complexity index is 474. The van der Waals surface area contributed by atoms with Crippen LogP contribution >= 0.6 is 11.8 Å². The van der Waals surface area contributed by atoms with Crippen LogP contribution in [-0.4, -0.2) is 40.5 Å².